The van der Waals surface area contributed by atoms with E-state index in [4.69, 9.17) is 4.74 Å². The van der Waals surface area contributed by atoms with Crippen LogP contribution in [0.2, 0.25) is 0 Å². The summed E-state index contributed by atoms with van der Waals surface area (Å²) in [7, 11) is 1.72. The van der Waals surface area contributed by atoms with Crippen LogP contribution in [0.15, 0.2) is 54.9 Å². The standard InChI is InChI=1S/C23H20F3N5O2/c1-13-4-5-16(21(32)29-20-8-9-28-31(20)3)11-19(13)15-6-7-18-17(10-15)12-27-30-22(18)33-14(2)23(24,25)26/h4-12,14H,1-3H3,(H,29,32). The molecule has 2 heterocycles. The number of hydrogen-bond acceptors (Lipinski definition) is 5. The maximum Gasteiger partial charge on any atom is 0.425 e. The molecular weight excluding hydrogens is 435 g/mol. The molecule has 0 aliphatic carbocycles. The van der Waals surface area contributed by atoms with Gasteiger partial charge in [0.1, 0.15) is 5.82 Å². The average molecular weight is 455 g/mol. The number of halogens is 3. The average Bonchev–Trinajstić information content (AvgIpc) is 3.17. The highest BCUT2D eigenvalue weighted by Gasteiger charge is 2.38. The van der Waals surface area contributed by atoms with Gasteiger partial charge in [-0.2, -0.15) is 23.4 Å². The first-order valence-electron chi connectivity index (χ1n) is 10.0. The van der Waals surface area contributed by atoms with Crippen molar-refractivity contribution in [1.82, 2.24) is 20.0 Å². The first-order chi connectivity index (χ1) is 15.6. The fourth-order valence-electron chi connectivity index (χ4n) is 3.31. The van der Waals surface area contributed by atoms with Crippen LogP contribution in [0.25, 0.3) is 21.9 Å². The molecule has 0 aliphatic rings. The van der Waals surface area contributed by atoms with Crippen molar-refractivity contribution in [2.45, 2.75) is 26.1 Å². The van der Waals surface area contributed by atoms with Crippen LogP contribution in [-0.2, 0) is 7.05 Å². The molecule has 1 unspecified atom stereocenters. The van der Waals surface area contributed by atoms with Crippen molar-refractivity contribution in [2.75, 3.05) is 5.32 Å². The zero-order valence-electron chi connectivity index (χ0n) is 18.0. The highest BCUT2D eigenvalue weighted by molar-refractivity contribution is 6.04. The Kier molecular flexibility index (Phi) is 5.75. The summed E-state index contributed by atoms with van der Waals surface area (Å²) >= 11 is 0. The fourth-order valence-corrected chi connectivity index (χ4v) is 3.31. The summed E-state index contributed by atoms with van der Waals surface area (Å²) in [5.41, 5.74) is 2.96. The highest BCUT2D eigenvalue weighted by Crippen LogP contribution is 2.32. The van der Waals surface area contributed by atoms with Gasteiger partial charge in [0.05, 0.1) is 12.4 Å². The van der Waals surface area contributed by atoms with E-state index < -0.39 is 12.3 Å². The van der Waals surface area contributed by atoms with E-state index in [1.807, 2.05) is 13.0 Å². The number of carbonyl (C=O) groups is 1. The Morgan fingerprint density at radius 2 is 1.94 bits per heavy atom. The van der Waals surface area contributed by atoms with E-state index in [1.165, 1.54) is 6.20 Å². The van der Waals surface area contributed by atoms with Gasteiger partial charge in [-0.25, -0.2) is 0 Å². The van der Waals surface area contributed by atoms with Crippen molar-refractivity contribution < 1.29 is 22.7 Å². The number of alkyl halides is 3. The molecular formula is C23H20F3N5O2. The Morgan fingerprint density at radius 3 is 2.64 bits per heavy atom. The van der Waals surface area contributed by atoms with Crippen LogP contribution in [0.1, 0.15) is 22.8 Å². The lowest BCUT2D eigenvalue weighted by Crippen LogP contribution is -2.31. The predicted octanol–water partition coefficient (Wildman–Crippen LogP) is 4.92. The number of anilines is 1. The Morgan fingerprint density at radius 1 is 1.15 bits per heavy atom. The number of fused-ring (bicyclic) bond motifs is 1. The lowest BCUT2D eigenvalue weighted by atomic mass is 9.96. The van der Waals surface area contributed by atoms with E-state index in [0.29, 0.717) is 22.2 Å². The molecule has 170 valence electrons. The van der Waals surface area contributed by atoms with Crippen LogP contribution in [0.5, 0.6) is 5.88 Å². The number of amides is 1. The molecule has 0 saturated heterocycles. The third kappa shape index (κ3) is 4.64. The largest absolute Gasteiger partial charge is 0.463 e. The van der Waals surface area contributed by atoms with E-state index in [2.05, 4.69) is 20.6 Å². The van der Waals surface area contributed by atoms with E-state index in [-0.39, 0.29) is 11.8 Å². The summed E-state index contributed by atoms with van der Waals surface area (Å²) in [5.74, 6) is 0.0836. The molecule has 2 aromatic carbocycles. The van der Waals surface area contributed by atoms with Crippen LogP contribution in [0.4, 0.5) is 19.0 Å². The van der Waals surface area contributed by atoms with Crippen LogP contribution >= 0.6 is 0 Å². The van der Waals surface area contributed by atoms with Gasteiger partial charge in [-0.3, -0.25) is 9.48 Å². The molecule has 0 bridgehead atoms. The molecule has 2 aromatic heterocycles. The topological polar surface area (TPSA) is 81.9 Å². The predicted molar refractivity (Wildman–Crippen MR) is 117 cm³/mol. The molecule has 1 atom stereocenters. The van der Waals surface area contributed by atoms with Crippen molar-refractivity contribution in [3.05, 3.63) is 66.0 Å². The molecule has 1 N–H and O–H groups in total. The van der Waals surface area contributed by atoms with Crippen molar-refractivity contribution in [3.63, 3.8) is 0 Å². The van der Waals surface area contributed by atoms with E-state index >= 15 is 0 Å². The third-order valence-corrected chi connectivity index (χ3v) is 5.25. The molecule has 0 aliphatic heterocycles. The number of aryl methyl sites for hydroxylation is 2. The number of nitrogens with one attached hydrogen (secondary N) is 1. The molecule has 0 fully saturated rings. The monoisotopic (exact) mass is 455 g/mol. The summed E-state index contributed by atoms with van der Waals surface area (Å²) in [4.78, 5) is 12.7. The maximum absolute atomic E-state index is 12.9. The third-order valence-electron chi connectivity index (χ3n) is 5.25. The molecule has 33 heavy (non-hydrogen) atoms. The highest BCUT2D eigenvalue weighted by atomic mass is 19.4. The lowest BCUT2D eigenvalue weighted by Gasteiger charge is -2.17. The number of ether oxygens (including phenoxy) is 1. The van der Waals surface area contributed by atoms with Crippen LogP contribution in [-0.4, -0.2) is 38.2 Å². The minimum atomic E-state index is -4.52. The normalized spacial score (nSPS) is 12.5. The quantitative estimate of drug-likeness (QED) is 0.462. The van der Waals surface area contributed by atoms with Crippen molar-refractivity contribution in [2.24, 2.45) is 7.05 Å². The summed E-state index contributed by atoms with van der Waals surface area (Å²) in [5, 5.41) is 15.3. The number of nitrogens with zero attached hydrogens (tertiary/aromatic N) is 4. The summed E-state index contributed by atoms with van der Waals surface area (Å²) in [6.07, 6.45) is -3.49. The van der Waals surface area contributed by atoms with E-state index in [0.717, 1.165) is 23.6 Å². The van der Waals surface area contributed by atoms with Gasteiger partial charge in [-0.15, -0.1) is 5.10 Å². The van der Waals surface area contributed by atoms with E-state index in [9.17, 15) is 18.0 Å². The Labute approximate surface area is 187 Å². The number of hydrogen-bond donors (Lipinski definition) is 1. The van der Waals surface area contributed by atoms with Gasteiger partial charge >= 0.3 is 6.18 Å². The molecule has 1 amide bonds. The maximum atomic E-state index is 12.9. The molecule has 4 aromatic rings. The number of benzene rings is 2. The molecule has 0 saturated carbocycles. The number of carbonyl (C=O) groups excluding carboxylic acids is 1. The summed E-state index contributed by atoms with van der Waals surface area (Å²) < 4.78 is 45.3. The SMILES string of the molecule is Cc1ccc(C(=O)Nc2ccnn2C)cc1-c1ccc2c(OC(C)C(F)(F)F)nncc2c1. The van der Waals surface area contributed by atoms with Gasteiger partial charge in [-0.05, 0) is 54.8 Å². The first-order valence-corrected chi connectivity index (χ1v) is 10.0. The Hall–Kier alpha value is -3.95. The van der Waals surface area contributed by atoms with Crippen molar-refractivity contribution in [1.29, 1.82) is 0 Å². The second-order valence-corrected chi connectivity index (χ2v) is 7.58. The lowest BCUT2D eigenvalue weighted by molar-refractivity contribution is -0.189. The Balaban J connectivity index is 1.67. The van der Waals surface area contributed by atoms with Crippen LogP contribution in [0, 0.1) is 6.92 Å². The second-order valence-electron chi connectivity index (χ2n) is 7.58. The zero-order valence-corrected chi connectivity index (χ0v) is 18.0. The Bertz CT molecular complexity index is 1330. The van der Waals surface area contributed by atoms with E-state index in [1.54, 1.807) is 54.3 Å². The first kappa shape index (κ1) is 22.3. The molecule has 10 heteroatoms. The van der Waals surface area contributed by atoms with Crippen LogP contribution in [0.3, 0.4) is 0 Å². The van der Waals surface area contributed by atoms with Gasteiger partial charge in [0.2, 0.25) is 5.88 Å². The summed E-state index contributed by atoms with van der Waals surface area (Å²) in [6, 6.07) is 12.2. The minimum Gasteiger partial charge on any atom is -0.463 e. The molecule has 7 nitrogen and oxygen atoms in total. The summed E-state index contributed by atoms with van der Waals surface area (Å²) in [6.45, 7) is 2.83. The van der Waals surface area contributed by atoms with Gasteiger partial charge in [0.25, 0.3) is 5.91 Å². The molecule has 4 rings (SSSR count). The smallest absolute Gasteiger partial charge is 0.425 e. The van der Waals surface area contributed by atoms with Crippen LogP contribution < -0.4 is 10.1 Å². The van der Waals surface area contributed by atoms with Gasteiger partial charge in [-0.1, -0.05) is 12.1 Å². The number of rotatable bonds is 5. The molecule has 0 radical (unpaired) electrons. The second kappa shape index (κ2) is 8.53. The molecule has 0 spiro atoms. The fraction of sp³-hybridized carbons (Fsp3) is 0.217. The van der Waals surface area contributed by atoms with Gasteiger partial charge in [0.15, 0.2) is 6.10 Å². The van der Waals surface area contributed by atoms with Gasteiger partial charge in [0, 0.05) is 29.4 Å². The number of aromatic nitrogens is 4. The zero-order chi connectivity index (χ0) is 23.8. The van der Waals surface area contributed by atoms with Gasteiger partial charge < -0.3 is 10.1 Å². The minimum absolute atomic E-state index is 0.190. The van der Waals surface area contributed by atoms with Crippen molar-refractivity contribution in [3.8, 4) is 17.0 Å². The van der Waals surface area contributed by atoms with Crippen molar-refractivity contribution >= 4 is 22.5 Å².